The van der Waals surface area contributed by atoms with Crippen molar-refractivity contribution in [3.05, 3.63) is 18.2 Å². The zero-order valence-electron chi connectivity index (χ0n) is 5.59. The van der Waals surface area contributed by atoms with Gasteiger partial charge >= 0.3 is 0 Å². The third-order valence-corrected chi connectivity index (χ3v) is 1.19. The Bertz CT molecular complexity index is 244. The van der Waals surface area contributed by atoms with Crippen LogP contribution in [0.2, 0.25) is 0 Å². The number of hydrogen-bond acceptors (Lipinski definition) is 3. The summed E-state index contributed by atoms with van der Waals surface area (Å²) in [4.78, 5) is 9.46. The van der Waals surface area contributed by atoms with E-state index in [-0.39, 0.29) is 0 Å². The van der Waals surface area contributed by atoms with Crippen LogP contribution in [-0.2, 0) is 0 Å². The number of halogens is 3. The Morgan fingerprint density at radius 1 is 0.833 bits per heavy atom. The first kappa shape index (κ1) is 8.51. The maximum atomic E-state index is 11.6. The van der Waals surface area contributed by atoms with Crippen LogP contribution in [-0.4, -0.2) is 0 Å². The molecule has 3 nitrogen and oxygen atoms in total. The molecule has 0 unspecified atom stereocenters. The van der Waals surface area contributed by atoms with Crippen LogP contribution in [0.4, 0.5) is 13.6 Å². The minimum atomic E-state index is -0.789. The quantitative estimate of drug-likeness (QED) is 0.715. The lowest BCUT2D eigenvalue weighted by Crippen LogP contribution is -1.87. The van der Waals surface area contributed by atoms with Gasteiger partial charge in [-0.2, -0.15) is 0 Å². The molecule has 1 rings (SSSR count). The van der Waals surface area contributed by atoms with Crippen molar-refractivity contribution in [2.75, 3.05) is 0 Å². The van der Waals surface area contributed by atoms with Crippen LogP contribution < -0.4 is 14.8 Å². The molecule has 0 fully saturated rings. The molecule has 6 heteroatoms. The maximum Gasteiger partial charge on any atom is 0.264 e. The van der Waals surface area contributed by atoms with Crippen molar-refractivity contribution < 1.29 is 28.4 Å². The van der Waals surface area contributed by atoms with Gasteiger partial charge in [-0.05, 0) is 12.1 Å². The van der Waals surface area contributed by atoms with Crippen LogP contribution in [0, 0.1) is 0 Å². The second kappa shape index (κ2) is 3.70. The van der Waals surface area contributed by atoms with Gasteiger partial charge in [0.25, 0.3) is 5.75 Å². The van der Waals surface area contributed by atoms with Crippen molar-refractivity contribution in [2.45, 2.75) is 0 Å². The van der Waals surface area contributed by atoms with Crippen LogP contribution in [0.25, 0.3) is 0 Å². The summed E-state index contributed by atoms with van der Waals surface area (Å²) >= 11 is 0. The lowest BCUT2D eigenvalue weighted by atomic mass is 10.3. The summed E-state index contributed by atoms with van der Waals surface area (Å²) in [5, 5.41) is 0. The molecule has 0 bridgehead atoms. The molecule has 0 saturated carbocycles. The van der Waals surface area contributed by atoms with Gasteiger partial charge in [-0.15, -0.1) is 0 Å². The van der Waals surface area contributed by atoms with Gasteiger partial charge in [0.05, 0.1) is 0 Å². The Balaban J connectivity index is 3.13. The fraction of sp³-hybridized carbons (Fsp3) is 0. The first-order chi connectivity index (χ1) is 5.83. The molecule has 1 aromatic rings. The van der Waals surface area contributed by atoms with E-state index in [4.69, 9.17) is 0 Å². The molecular formula is C6H3F3O3. The van der Waals surface area contributed by atoms with Crippen molar-refractivity contribution in [2.24, 2.45) is 0 Å². The van der Waals surface area contributed by atoms with Crippen LogP contribution in [0.5, 0.6) is 17.2 Å². The molecule has 0 radical (unpaired) electrons. The van der Waals surface area contributed by atoms with Gasteiger partial charge < -0.3 is 0 Å². The predicted octanol–water partition coefficient (Wildman–Crippen LogP) is 2.48. The Hall–Kier alpha value is -1.59. The number of hydrogen-bond donors (Lipinski definition) is 0. The van der Waals surface area contributed by atoms with Crippen molar-refractivity contribution in [1.29, 1.82) is 0 Å². The second-order valence-corrected chi connectivity index (χ2v) is 1.81. The summed E-state index contributed by atoms with van der Waals surface area (Å²) in [5.41, 5.74) is 0. The van der Waals surface area contributed by atoms with E-state index in [1.54, 1.807) is 0 Å². The van der Waals surface area contributed by atoms with Crippen LogP contribution in [0.1, 0.15) is 0 Å². The molecule has 12 heavy (non-hydrogen) atoms. The fourth-order valence-corrected chi connectivity index (χ4v) is 0.693. The number of para-hydroxylation sites is 1. The van der Waals surface area contributed by atoms with Crippen LogP contribution in [0.3, 0.4) is 0 Å². The summed E-state index contributed by atoms with van der Waals surface area (Å²) in [6.07, 6.45) is 0. The van der Waals surface area contributed by atoms with Gasteiger partial charge in [-0.3, -0.25) is 14.8 Å². The third-order valence-electron chi connectivity index (χ3n) is 1.19. The van der Waals surface area contributed by atoms with Gasteiger partial charge in [-0.1, -0.05) is 6.07 Å². The second-order valence-electron chi connectivity index (χ2n) is 1.81. The molecule has 0 aliphatic carbocycles. The molecule has 0 aromatic heterocycles. The Kier molecular flexibility index (Phi) is 2.62. The van der Waals surface area contributed by atoms with E-state index in [0.717, 1.165) is 12.1 Å². The first-order valence-electron chi connectivity index (χ1n) is 2.82. The highest BCUT2D eigenvalue weighted by atomic mass is 19.3. The third kappa shape index (κ3) is 1.36. The molecule has 0 N–H and O–H groups in total. The van der Waals surface area contributed by atoms with Crippen molar-refractivity contribution in [3.63, 3.8) is 0 Å². The number of benzene rings is 1. The molecule has 1 aromatic carbocycles. The average molecular weight is 180 g/mol. The molecule has 0 atom stereocenters. The van der Waals surface area contributed by atoms with E-state index in [1.165, 1.54) is 6.07 Å². The molecule has 0 saturated heterocycles. The Labute approximate surface area is 65.0 Å². The monoisotopic (exact) mass is 180 g/mol. The van der Waals surface area contributed by atoms with Gasteiger partial charge in [0.15, 0.2) is 0 Å². The smallest absolute Gasteiger partial charge is 0.264 e. The summed E-state index contributed by atoms with van der Waals surface area (Å²) in [5.74, 6) is -2.00. The zero-order valence-corrected chi connectivity index (χ0v) is 5.59. The maximum absolute atomic E-state index is 11.6. The van der Waals surface area contributed by atoms with Gasteiger partial charge in [0.2, 0.25) is 11.5 Å². The summed E-state index contributed by atoms with van der Waals surface area (Å²) < 4.78 is 34.8. The lowest BCUT2D eigenvalue weighted by Gasteiger charge is -2.01. The first-order valence-corrected chi connectivity index (χ1v) is 2.82. The van der Waals surface area contributed by atoms with Crippen LogP contribution >= 0.6 is 0 Å². The van der Waals surface area contributed by atoms with E-state index in [1.807, 2.05) is 0 Å². The topological polar surface area (TPSA) is 27.7 Å². The minimum absolute atomic E-state index is 0.604. The average Bonchev–Trinajstić information content (AvgIpc) is 2.16. The molecule has 0 heterocycles. The van der Waals surface area contributed by atoms with Crippen LogP contribution in [0.15, 0.2) is 18.2 Å². The van der Waals surface area contributed by atoms with E-state index in [0.29, 0.717) is 0 Å². The zero-order chi connectivity index (χ0) is 8.97. The Morgan fingerprint density at radius 3 is 1.67 bits per heavy atom. The largest absolute Gasteiger partial charge is 0.290 e. The molecule has 66 valence electrons. The molecule has 0 spiro atoms. The molecule has 0 aliphatic rings. The molecule has 0 amide bonds. The summed E-state index contributed by atoms with van der Waals surface area (Å²) in [6, 6.07) is 3.28. The van der Waals surface area contributed by atoms with E-state index in [2.05, 4.69) is 14.8 Å². The van der Waals surface area contributed by atoms with Gasteiger partial charge in [0, 0.05) is 13.6 Å². The highest BCUT2D eigenvalue weighted by Crippen LogP contribution is 2.37. The highest BCUT2D eigenvalue weighted by Gasteiger charge is 2.15. The number of rotatable bonds is 3. The van der Waals surface area contributed by atoms with E-state index < -0.39 is 17.2 Å². The molecular weight excluding hydrogens is 177 g/mol. The van der Waals surface area contributed by atoms with Crippen molar-refractivity contribution in [1.82, 2.24) is 0 Å². The highest BCUT2D eigenvalue weighted by molar-refractivity contribution is 5.50. The van der Waals surface area contributed by atoms with E-state index >= 15 is 0 Å². The normalized spacial score (nSPS) is 9.25. The fourth-order valence-electron chi connectivity index (χ4n) is 0.693. The van der Waals surface area contributed by atoms with Gasteiger partial charge in [0.1, 0.15) is 0 Å². The van der Waals surface area contributed by atoms with E-state index in [9.17, 15) is 13.6 Å². The molecule has 0 aliphatic heterocycles. The SMILES string of the molecule is FOc1cccc(OF)c1OF. The van der Waals surface area contributed by atoms with Gasteiger partial charge in [-0.25, -0.2) is 0 Å². The lowest BCUT2D eigenvalue weighted by molar-refractivity contribution is -0.0556. The van der Waals surface area contributed by atoms with Crippen molar-refractivity contribution in [3.8, 4) is 17.2 Å². The van der Waals surface area contributed by atoms with Crippen molar-refractivity contribution >= 4 is 0 Å². The Morgan fingerprint density at radius 2 is 1.33 bits per heavy atom. The minimum Gasteiger partial charge on any atom is -0.290 e. The standard InChI is InChI=1S/C6H3F3O3/c7-10-4-2-1-3-5(11-8)6(4)12-9/h1-3H. The summed E-state index contributed by atoms with van der Waals surface area (Å²) in [7, 11) is 0. The summed E-state index contributed by atoms with van der Waals surface area (Å²) in [6.45, 7) is 0. The predicted molar refractivity (Wildman–Crippen MR) is 31.6 cm³/mol.